The minimum atomic E-state index is 0.116. The van der Waals surface area contributed by atoms with Crippen molar-refractivity contribution in [2.75, 3.05) is 33.1 Å². The molecular weight excluding hydrogens is 298 g/mol. The van der Waals surface area contributed by atoms with Gasteiger partial charge in [0.05, 0.1) is 19.4 Å². The third-order valence-corrected chi connectivity index (χ3v) is 3.55. The molecule has 6 heteroatoms. The van der Waals surface area contributed by atoms with Crippen LogP contribution in [0.2, 0.25) is 0 Å². The van der Waals surface area contributed by atoms with Gasteiger partial charge in [-0.3, -0.25) is 4.90 Å². The molecule has 0 aliphatic heterocycles. The number of hydrogen-bond acceptors (Lipinski definition) is 4. The van der Waals surface area contributed by atoms with Crippen LogP contribution >= 0.6 is 12.2 Å². The van der Waals surface area contributed by atoms with Gasteiger partial charge in [0.15, 0.2) is 5.11 Å². The molecule has 1 aromatic carbocycles. The van der Waals surface area contributed by atoms with Crippen molar-refractivity contribution in [1.29, 1.82) is 0 Å². The first kappa shape index (κ1) is 16.3. The summed E-state index contributed by atoms with van der Waals surface area (Å²) in [4.78, 5) is 2.09. The number of nitrogens with one attached hydrogen (secondary N) is 2. The van der Waals surface area contributed by atoms with Crippen LogP contribution < -0.4 is 15.4 Å². The molecule has 1 aromatic heterocycles. The highest BCUT2D eigenvalue weighted by Crippen LogP contribution is 2.18. The average Bonchev–Trinajstić information content (AvgIpc) is 3.02. The molecule has 0 radical (unpaired) electrons. The second-order valence-electron chi connectivity index (χ2n) is 5.06. The number of rotatable bonds is 6. The monoisotopic (exact) mass is 319 g/mol. The molecule has 0 amide bonds. The number of thiocarbonyl (C=S) groups is 1. The normalized spacial score (nSPS) is 12.0. The molecule has 0 unspecified atom stereocenters. The first-order valence-electron chi connectivity index (χ1n) is 6.99. The lowest BCUT2D eigenvalue weighted by Crippen LogP contribution is -2.36. The summed E-state index contributed by atoms with van der Waals surface area (Å²) in [6.07, 6.45) is 1.68. The number of anilines is 1. The van der Waals surface area contributed by atoms with Gasteiger partial charge < -0.3 is 19.8 Å². The highest BCUT2D eigenvalue weighted by molar-refractivity contribution is 7.80. The van der Waals surface area contributed by atoms with Crippen LogP contribution in [-0.2, 0) is 0 Å². The number of ether oxygens (including phenoxy) is 1. The van der Waals surface area contributed by atoms with Gasteiger partial charge in [0.1, 0.15) is 11.5 Å². The molecule has 22 heavy (non-hydrogen) atoms. The molecule has 2 aromatic rings. The van der Waals surface area contributed by atoms with Crippen LogP contribution in [0.15, 0.2) is 47.1 Å². The van der Waals surface area contributed by atoms with Crippen molar-refractivity contribution < 1.29 is 9.15 Å². The Labute approximate surface area is 136 Å². The summed E-state index contributed by atoms with van der Waals surface area (Å²) in [5, 5.41) is 6.94. The summed E-state index contributed by atoms with van der Waals surface area (Å²) >= 11 is 5.33. The Hall–Kier alpha value is -2.05. The van der Waals surface area contributed by atoms with E-state index in [0.717, 1.165) is 17.2 Å². The summed E-state index contributed by atoms with van der Waals surface area (Å²) in [5.41, 5.74) is 0.915. The molecule has 0 saturated heterocycles. The first-order chi connectivity index (χ1) is 10.6. The van der Waals surface area contributed by atoms with Gasteiger partial charge in [-0.25, -0.2) is 0 Å². The van der Waals surface area contributed by atoms with Crippen LogP contribution in [0.3, 0.4) is 0 Å². The Bertz CT molecular complexity index is 582. The zero-order valence-corrected chi connectivity index (χ0v) is 13.8. The standard InChI is InChI=1S/C16H21N3O2S/c1-19(2)14(15-5-4-10-21-15)11-17-16(22)18-12-6-8-13(20-3)9-7-12/h4-10,14H,11H2,1-3H3,(H2,17,18,22)/t14-/m0/s1. The SMILES string of the molecule is COc1ccc(NC(=S)NC[C@@H](c2ccco2)N(C)C)cc1. The highest BCUT2D eigenvalue weighted by Gasteiger charge is 2.16. The quantitative estimate of drug-likeness (QED) is 0.799. The second-order valence-corrected chi connectivity index (χ2v) is 5.47. The first-order valence-corrected chi connectivity index (χ1v) is 7.39. The lowest BCUT2D eigenvalue weighted by atomic mass is 10.2. The zero-order chi connectivity index (χ0) is 15.9. The number of methoxy groups -OCH3 is 1. The van der Waals surface area contributed by atoms with E-state index in [0.29, 0.717) is 11.7 Å². The largest absolute Gasteiger partial charge is 0.497 e. The Kier molecular flexibility index (Phi) is 5.80. The van der Waals surface area contributed by atoms with Gasteiger partial charge in [-0.1, -0.05) is 0 Å². The van der Waals surface area contributed by atoms with E-state index in [-0.39, 0.29) is 6.04 Å². The van der Waals surface area contributed by atoms with Crippen LogP contribution in [-0.4, -0.2) is 37.8 Å². The van der Waals surface area contributed by atoms with Crippen LogP contribution in [0.1, 0.15) is 11.8 Å². The van der Waals surface area contributed by atoms with Gasteiger partial charge in [-0.2, -0.15) is 0 Å². The van der Waals surface area contributed by atoms with Gasteiger partial charge in [0.25, 0.3) is 0 Å². The van der Waals surface area contributed by atoms with E-state index in [2.05, 4.69) is 15.5 Å². The average molecular weight is 319 g/mol. The molecule has 118 valence electrons. The van der Waals surface area contributed by atoms with Gasteiger partial charge in [0.2, 0.25) is 0 Å². The molecule has 0 saturated carbocycles. The maximum atomic E-state index is 5.47. The zero-order valence-electron chi connectivity index (χ0n) is 13.0. The van der Waals surface area contributed by atoms with E-state index < -0.39 is 0 Å². The van der Waals surface area contributed by atoms with E-state index in [9.17, 15) is 0 Å². The summed E-state index contributed by atoms with van der Waals surface area (Å²) in [6, 6.07) is 11.6. The number of likely N-dealkylation sites (N-methyl/N-ethyl adjacent to an activating group) is 1. The topological polar surface area (TPSA) is 49.7 Å². The van der Waals surface area contributed by atoms with Crippen molar-refractivity contribution in [3.05, 3.63) is 48.4 Å². The smallest absolute Gasteiger partial charge is 0.170 e. The number of furan rings is 1. The predicted octanol–water partition coefficient (Wildman–Crippen LogP) is 2.88. The minimum absolute atomic E-state index is 0.116. The van der Waals surface area contributed by atoms with Crippen LogP contribution in [0, 0.1) is 0 Å². The molecule has 0 fully saturated rings. The van der Waals surface area contributed by atoms with Crippen LogP contribution in [0.4, 0.5) is 5.69 Å². The Morgan fingerprint density at radius 2 is 2.00 bits per heavy atom. The Balaban J connectivity index is 1.88. The van der Waals surface area contributed by atoms with Gasteiger partial charge in [-0.05, 0) is 62.7 Å². The second kappa shape index (κ2) is 7.82. The highest BCUT2D eigenvalue weighted by atomic mass is 32.1. The van der Waals surface area contributed by atoms with Gasteiger partial charge >= 0.3 is 0 Å². The fraction of sp³-hybridized carbons (Fsp3) is 0.312. The molecule has 1 atom stereocenters. The van der Waals surface area contributed by atoms with Crippen molar-refractivity contribution >= 4 is 23.0 Å². The number of nitrogens with zero attached hydrogens (tertiary/aromatic N) is 1. The van der Waals surface area contributed by atoms with Crippen LogP contribution in [0.5, 0.6) is 5.75 Å². The van der Waals surface area contributed by atoms with E-state index in [1.165, 1.54) is 0 Å². The maximum Gasteiger partial charge on any atom is 0.170 e. The maximum absolute atomic E-state index is 5.47. The molecule has 1 heterocycles. The predicted molar refractivity (Wildman–Crippen MR) is 92.4 cm³/mol. The van der Waals surface area contributed by atoms with E-state index in [1.54, 1.807) is 13.4 Å². The summed E-state index contributed by atoms with van der Waals surface area (Å²) in [6.45, 7) is 0.655. The lowest BCUT2D eigenvalue weighted by Gasteiger charge is -2.23. The molecular formula is C16H21N3O2S. The third-order valence-electron chi connectivity index (χ3n) is 3.30. The van der Waals surface area contributed by atoms with Crippen LogP contribution in [0.25, 0.3) is 0 Å². The van der Waals surface area contributed by atoms with Gasteiger partial charge in [0, 0.05) is 12.2 Å². The molecule has 0 bridgehead atoms. The van der Waals surface area contributed by atoms with Crippen molar-refractivity contribution in [2.45, 2.75) is 6.04 Å². The van der Waals surface area contributed by atoms with Crippen molar-refractivity contribution in [2.24, 2.45) is 0 Å². The molecule has 0 aliphatic carbocycles. The van der Waals surface area contributed by atoms with Gasteiger partial charge in [-0.15, -0.1) is 0 Å². The van der Waals surface area contributed by atoms with Crippen molar-refractivity contribution in [3.8, 4) is 5.75 Å². The fourth-order valence-corrected chi connectivity index (χ4v) is 2.26. The lowest BCUT2D eigenvalue weighted by molar-refractivity contribution is 0.259. The van der Waals surface area contributed by atoms with E-state index >= 15 is 0 Å². The van der Waals surface area contributed by atoms with E-state index in [4.69, 9.17) is 21.4 Å². The van der Waals surface area contributed by atoms with E-state index in [1.807, 2.05) is 50.5 Å². The molecule has 2 N–H and O–H groups in total. The number of benzene rings is 1. The molecule has 0 spiro atoms. The fourth-order valence-electron chi connectivity index (χ4n) is 2.06. The summed E-state index contributed by atoms with van der Waals surface area (Å²) < 4.78 is 10.6. The molecule has 0 aliphatic rings. The molecule has 5 nitrogen and oxygen atoms in total. The number of hydrogen-bond donors (Lipinski definition) is 2. The summed E-state index contributed by atoms with van der Waals surface area (Å²) in [7, 11) is 5.66. The van der Waals surface area contributed by atoms with Crippen molar-refractivity contribution in [1.82, 2.24) is 10.2 Å². The minimum Gasteiger partial charge on any atom is -0.497 e. The molecule has 2 rings (SSSR count). The Morgan fingerprint density at radius 3 is 2.55 bits per heavy atom. The Morgan fingerprint density at radius 1 is 1.27 bits per heavy atom. The summed E-state index contributed by atoms with van der Waals surface area (Å²) in [5.74, 6) is 1.72. The van der Waals surface area contributed by atoms with Crippen molar-refractivity contribution in [3.63, 3.8) is 0 Å². The third kappa shape index (κ3) is 4.47.